The number of hydrogen-bond acceptors (Lipinski definition) is 2. The molecule has 29 heavy (non-hydrogen) atoms. The van der Waals surface area contributed by atoms with Crippen molar-refractivity contribution in [2.45, 2.75) is 116 Å². The highest BCUT2D eigenvalue weighted by Gasteiger charge is 2.04. The van der Waals surface area contributed by atoms with Gasteiger partial charge in [-0.3, -0.25) is 0 Å². The lowest BCUT2D eigenvalue weighted by Gasteiger charge is -2.12. The maximum Gasteiger partial charge on any atom is 0.169 e. The molecule has 1 heterocycles. The first-order chi connectivity index (χ1) is 13.8. The van der Waals surface area contributed by atoms with Gasteiger partial charge in [-0.1, -0.05) is 58.3 Å². The Bertz CT molecular complexity index is 449. The molecule has 170 valence electrons. The monoisotopic (exact) mass is 486 g/mol. The van der Waals surface area contributed by atoms with E-state index in [2.05, 4.69) is 61.0 Å². The fraction of sp³-hybridized carbons (Fsp3) is 0.800. The van der Waals surface area contributed by atoms with Crippen molar-refractivity contribution < 1.29 is 21.5 Å². The summed E-state index contributed by atoms with van der Waals surface area (Å²) in [6.07, 6.45) is 24.8. The van der Waals surface area contributed by atoms with Gasteiger partial charge in [0.25, 0.3) is 0 Å². The van der Waals surface area contributed by atoms with Gasteiger partial charge in [0.05, 0.1) is 0 Å². The highest BCUT2D eigenvalue weighted by Crippen LogP contribution is 2.11. The van der Waals surface area contributed by atoms with Crippen LogP contribution in [0.2, 0.25) is 0 Å². The Morgan fingerprint density at radius 1 is 0.828 bits per heavy atom. The van der Waals surface area contributed by atoms with Gasteiger partial charge in [-0.05, 0) is 56.9 Å². The van der Waals surface area contributed by atoms with Crippen LogP contribution in [0.3, 0.4) is 0 Å². The van der Waals surface area contributed by atoms with Crippen molar-refractivity contribution in [2.75, 3.05) is 12.8 Å². The SMILES string of the molecule is CCC(CCCCCc1cc[n+](CCCCCCCCCCCS)cc1)NC.[Br-]. The predicted molar refractivity (Wildman–Crippen MR) is 127 cm³/mol. The van der Waals surface area contributed by atoms with E-state index in [1.165, 1.54) is 108 Å². The minimum atomic E-state index is 0. The zero-order valence-corrected chi connectivity index (χ0v) is 21.7. The zero-order chi connectivity index (χ0) is 20.3. The van der Waals surface area contributed by atoms with Crippen molar-refractivity contribution in [1.29, 1.82) is 0 Å². The van der Waals surface area contributed by atoms with E-state index >= 15 is 0 Å². The molecule has 0 amide bonds. The van der Waals surface area contributed by atoms with Crippen molar-refractivity contribution in [3.63, 3.8) is 0 Å². The van der Waals surface area contributed by atoms with Gasteiger partial charge in [-0.15, -0.1) is 0 Å². The van der Waals surface area contributed by atoms with E-state index in [1.54, 1.807) is 0 Å². The van der Waals surface area contributed by atoms with E-state index in [4.69, 9.17) is 0 Å². The van der Waals surface area contributed by atoms with Gasteiger partial charge >= 0.3 is 0 Å². The lowest BCUT2D eigenvalue weighted by atomic mass is 10.0. The highest BCUT2D eigenvalue weighted by atomic mass is 79.9. The molecule has 1 unspecified atom stereocenters. The molecule has 1 aromatic rings. The molecule has 0 aromatic carbocycles. The Labute approximate surface area is 197 Å². The molecule has 0 aliphatic heterocycles. The normalized spacial score (nSPS) is 12.0. The Balaban J connectivity index is 0.00000784. The van der Waals surface area contributed by atoms with Crippen LogP contribution in [0.1, 0.15) is 102 Å². The second-order valence-corrected chi connectivity index (χ2v) is 8.79. The Morgan fingerprint density at radius 3 is 1.93 bits per heavy atom. The number of nitrogens with one attached hydrogen (secondary N) is 1. The summed E-state index contributed by atoms with van der Waals surface area (Å²) >= 11 is 4.27. The van der Waals surface area contributed by atoms with Gasteiger partial charge < -0.3 is 22.3 Å². The van der Waals surface area contributed by atoms with Crippen LogP contribution < -0.4 is 26.9 Å². The summed E-state index contributed by atoms with van der Waals surface area (Å²) in [5.41, 5.74) is 1.50. The molecular weight excluding hydrogens is 440 g/mol. The van der Waals surface area contributed by atoms with E-state index < -0.39 is 0 Å². The van der Waals surface area contributed by atoms with Crippen LogP contribution in [-0.2, 0) is 13.0 Å². The second kappa shape index (κ2) is 21.2. The molecule has 2 nitrogen and oxygen atoms in total. The number of rotatable bonds is 19. The summed E-state index contributed by atoms with van der Waals surface area (Å²) in [5.74, 6) is 1.05. The molecule has 4 heteroatoms. The predicted octanol–water partition coefficient (Wildman–Crippen LogP) is 3.52. The average Bonchev–Trinajstić information content (AvgIpc) is 2.73. The van der Waals surface area contributed by atoms with Gasteiger partial charge in [0.1, 0.15) is 6.54 Å². The fourth-order valence-electron chi connectivity index (χ4n) is 3.90. The molecule has 1 N–H and O–H groups in total. The van der Waals surface area contributed by atoms with Crippen LogP contribution in [-0.4, -0.2) is 18.8 Å². The van der Waals surface area contributed by atoms with E-state index in [0.717, 1.165) is 5.75 Å². The Morgan fingerprint density at radius 2 is 1.38 bits per heavy atom. The lowest BCUT2D eigenvalue weighted by molar-refractivity contribution is -0.697. The number of unbranched alkanes of at least 4 members (excludes halogenated alkanes) is 10. The number of aryl methyl sites for hydroxylation is 2. The summed E-state index contributed by atoms with van der Waals surface area (Å²) in [5, 5.41) is 3.40. The number of halogens is 1. The molecule has 0 radical (unpaired) electrons. The maximum absolute atomic E-state index is 4.27. The molecule has 1 atom stereocenters. The van der Waals surface area contributed by atoms with Crippen molar-refractivity contribution >= 4 is 12.6 Å². The summed E-state index contributed by atoms with van der Waals surface area (Å²) in [6.45, 7) is 3.44. The van der Waals surface area contributed by atoms with E-state index in [9.17, 15) is 0 Å². The summed E-state index contributed by atoms with van der Waals surface area (Å²) < 4.78 is 2.36. The molecule has 0 aliphatic carbocycles. The fourth-order valence-corrected chi connectivity index (χ4v) is 4.12. The van der Waals surface area contributed by atoms with E-state index in [-0.39, 0.29) is 17.0 Å². The number of nitrogens with zero attached hydrogens (tertiary/aromatic N) is 1. The van der Waals surface area contributed by atoms with Gasteiger partial charge in [0, 0.05) is 24.6 Å². The van der Waals surface area contributed by atoms with Gasteiger partial charge in [0.15, 0.2) is 12.4 Å². The zero-order valence-electron chi connectivity index (χ0n) is 19.2. The van der Waals surface area contributed by atoms with Crippen molar-refractivity contribution in [3.05, 3.63) is 30.1 Å². The van der Waals surface area contributed by atoms with Crippen LogP contribution >= 0.6 is 12.6 Å². The van der Waals surface area contributed by atoms with Crippen molar-refractivity contribution in [1.82, 2.24) is 5.32 Å². The van der Waals surface area contributed by atoms with E-state index in [1.807, 2.05) is 0 Å². The Hall–Kier alpha value is -0.0600. The smallest absolute Gasteiger partial charge is 0.169 e. The minimum Gasteiger partial charge on any atom is -1.00 e. The molecule has 0 bridgehead atoms. The van der Waals surface area contributed by atoms with Gasteiger partial charge in [-0.25, -0.2) is 4.57 Å². The molecule has 0 saturated carbocycles. The number of thiol groups is 1. The standard InChI is InChI=1S/C25H46N2S.BrH/c1-3-25(26-2)17-13-11-12-16-24-18-21-27(22-19-24)20-14-9-7-5-4-6-8-10-15-23-28;/h18-19,21-22,25-26H,3-17,20,23H2,1-2H3;1H. The molecule has 0 spiro atoms. The first-order valence-electron chi connectivity index (χ1n) is 12.1. The van der Waals surface area contributed by atoms with Gasteiger partial charge in [0.2, 0.25) is 0 Å². The largest absolute Gasteiger partial charge is 1.00 e. The number of pyridine rings is 1. The number of hydrogen-bond donors (Lipinski definition) is 2. The molecule has 0 saturated heterocycles. The van der Waals surface area contributed by atoms with Crippen LogP contribution in [0.4, 0.5) is 0 Å². The molecule has 0 fully saturated rings. The maximum atomic E-state index is 4.27. The van der Waals surface area contributed by atoms with Crippen LogP contribution in [0.5, 0.6) is 0 Å². The lowest BCUT2D eigenvalue weighted by Crippen LogP contribution is -3.00. The molecule has 1 rings (SSSR count). The highest BCUT2D eigenvalue weighted by molar-refractivity contribution is 7.80. The van der Waals surface area contributed by atoms with Crippen molar-refractivity contribution in [3.8, 4) is 0 Å². The molecule has 1 aromatic heterocycles. The third-order valence-electron chi connectivity index (χ3n) is 5.95. The van der Waals surface area contributed by atoms with Crippen LogP contribution in [0.25, 0.3) is 0 Å². The van der Waals surface area contributed by atoms with Crippen LogP contribution in [0, 0.1) is 0 Å². The van der Waals surface area contributed by atoms with Crippen molar-refractivity contribution in [2.24, 2.45) is 0 Å². The second-order valence-electron chi connectivity index (χ2n) is 8.34. The topological polar surface area (TPSA) is 15.9 Å². The summed E-state index contributed by atoms with van der Waals surface area (Å²) in [7, 11) is 2.08. The quantitative estimate of drug-likeness (QED) is 0.173. The van der Waals surface area contributed by atoms with Crippen LogP contribution in [0.15, 0.2) is 24.5 Å². The molecular formula is C25H47BrN2S. The first kappa shape index (κ1) is 28.9. The first-order valence-corrected chi connectivity index (χ1v) is 12.7. The average molecular weight is 488 g/mol. The molecule has 0 aliphatic rings. The third kappa shape index (κ3) is 16.3. The summed E-state index contributed by atoms with van der Waals surface area (Å²) in [6, 6.07) is 5.36. The third-order valence-corrected chi connectivity index (χ3v) is 6.27. The van der Waals surface area contributed by atoms with Gasteiger partial charge in [-0.2, -0.15) is 12.6 Å². The Kier molecular flexibility index (Phi) is 21.1. The minimum absolute atomic E-state index is 0. The summed E-state index contributed by atoms with van der Waals surface area (Å²) in [4.78, 5) is 0. The number of aromatic nitrogens is 1. The van der Waals surface area contributed by atoms with E-state index in [0.29, 0.717) is 6.04 Å².